The van der Waals surface area contributed by atoms with Crippen LogP contribution in [-0.2, 0) is 6.80 Å². The summed E-state index contributed by atoms with van der Waals surface area (Å²) < 4.78 is 14.7. The summed E-state index contributed by atoms with van der Waals surface area (Å²) in [5.74, 6) is 0. The molecule has 2 aromatic rings. The number of nitrogens with zero attached hydrogens (tertiary/aromatic N) is 1. The fourth-order valence-corrected chi connectivity index (χ4v) is 2.04. The van der Waals surface area contributed by atoms with Crippen molar-refractivity contribution in [3.63, 3.8) is 0 Å². The van der Waals surface area contributed by atoms with Crippen LogP contribution in [0, 0.1) is 0 Å². The Labute approximate surface area is 141 Å². The summed E-state index contributed by atoms with van der Waals surface area (Å²) in [7, 11) is 0. The molecule has 0 bridgehead atoms. The quantitative estimate of drug-likeness (QED) is 0.515. The van der Waals surface area contributed by atoms with E-state index in [9.17, 15) is 4.39 Å². The Balaban J connectivity index is 0. The van der Waals surface area contributed by atoms with Gasteiger partial charge >= 0.3 is 0 Å². The van der Waals surface area contributed by atoms with E-state index in [4.69, 9.17) is 0 Å². The molecule has 0 atom stereocenters. The van der Waals surface area contributed by atoms with Crippen molar-refractivity contribution < 1.29 is 4.39 Å². The summed E-state index contributed by atoms with van der Waals surface area (Å²) >= 11 is 0. The highest BCUT2D eigenvalue weighted by Crippen LogP contribution is 2.28. The predicted octanol–water partition coefficient (Wildman–Crippen LogP) is 7.49. The van der Waals surface area contributed by atoms with Gasteiger partial charge in [0.05, 0.1) is 11.2 Å². The van der Waals surface area contributed by atoms with E-state index in [1.165, 1.54) is 0 Å². The van der Waals surface area contributed by atoms with Crippen molar-refractivity contribution in [3.05, 3.63) is 60.8 Å². The zero-order valence-electron chi connectivity index (χ0n) is 15.6. The van der Waals surface area contributed by atoms with Crippen LogP contribution < -0.4 is 0 Å². The van der Waals surface area contributed by atoms with Crippen molar-refractivity contribution in [2.24, 2.45) is 0 Å². The first kappa shape index (κ1) is 23.2. The maximum Gasteiger partial charge on any atom is 0.166 e. The van der Waals surface area contributed by atoms with Crippen LogP contribution in [0.3, 0.4) is 0 Å². The molecule has 0 aliphatic carbocycles. The number of benzene rings is 1. The van der Waals surface area contributed by atoms with E-state index in [1.807, 2.05) is 78.0 Å². The summed E-state index contributed by atoms with van der Waals surface area (Å²) in [6.45, 7) is 18.8. The molecule has 0 spiro atoms. The van der Waals surface area contributed by atoms with Crippen molar-refractivity contribution in [1.82, 2.24) is 4.57 Å². The van der Waals surface area contributed by atoms with E-state index < -0.39 is 6.80 Å². The van der Waals surface area contributed by atoms with Gasteiger partial charge in [0.15, 0.2) is 6.80 Å². The molecule has 1 nitrogen and oxygen atoms in total. The normalized spacial score (nSPS) is 9.00. The lowest BCUT2D eigenvalue weighted by molar-refractivity contribution is 0.384. The van der Waals surface area contributed by atoms with Crippen LogP contribution in [0.4, 0.5) is 4.39 Å². The van der Waals surface area contributed by atoms with E-state index in [0.29, 0.717) is 0 Å². The molecule has 2 rings (SSSR count). The minimum Gasteiger partial charge on any atom is -0.312 e. The lowest BCUT2D eigenvalue weighted by Crippen LogP contribution is -1.95. The Hall–Kier alpha value is -2.09. The summed E-state index contributed by atoms with van der Waals surface area (Å²) in [5, 5.41) is 1.03. The largest absolute Gasteiger partial charge is 0.312 e. The van der Waals surface area contributed by atoms with Gasteiger partial charge in [0.1, 0.15) is 0 Å². The Kier molecular flexibility index (Phi) is 14.9. The third-order valence-corrected chi connectivity index (χ3v) is 2.76. The summed E-state index contributed by atoms with van der Waals surface area (Å²) in [6, 6.07) is 7.75. The molecule has 1 heterocycles. The lowest BCUT2D eigenvalue weighted by Gasteiger charge is -2.01. The number of rotatable bonds is 4. The fraction of sp³-hybridized carbons (Fsp3) is 0.333. The number of alkyl halides is 1. The topological polar surface area (TPSA) is 4.93 Å². The van der Waals surface area contributed by atoms with Gasteiger partial charge in [0.25, 0.3) is 0 Å². The maximum atomic E-state index is 13.1. The summed E-state index contributed by atoms with van der Waals surface area (Å²) in [4.78, 5) is 0. The van der Waals surface area contributed by atoms with E-state index in [2.05, 4.69) is 13.2 Å². The first-order chi connectivity index (χ1) is 11.3. The van der Waals surface area contributed by atoms with Crippen LogP contribution in [0.2, 0.25) is 0 Å². The molecular formula is C21H32FN. The van der Waals surface area contributed by atoms with E-state index in [0.717, 1.165) is 22.2 Å². The molecule has 0 saturated heterocycles. The molecule has 23 heavy (non-hydrogen) atoms. The Morgan fingerprint density at radius 1 is 1.00 bits per heavy atom. The molecule has 0 aliphatic rings. The van der Waals surface area contributed by atoms with E-state index >= 15 is 0 Å². The third kappa shape index (κ3) is 5.90. The average Bonchev–Trinajstić information content (AvgIpc) is 2.97. The average molecular weight is 317 g/mol. The maximum absolute atomic E-state index is 13.1. The second kappa shape index (κ2) is 14.8. The molecule has 0 saturated carbocycles. The molecule has 0 unspecified atom stereocenters. The van der Waals surface area contributed by atoms with Gasteiger partial charge < -0.3 is 4.57 Å². The molecule has 0 fully saturated rings. The molecule has 1 aromatic heterocycles. The minimum atomic E-state index is -0.552. The van der Waals surface area contributed by atoms with Crippen LogP contribution in [0.15, 0.2) is 49.6 Å². The van der Waals surface area contributed by atoms with Gasteiger partial charge in [-0.25, -0.2) is 4.39 Å². The molecular weight excluding hydrogens is 285 g/mol. The summed E-state index contributed by atoms with van der Waals surface area (Å²) in [5.41, 5.74) is 2.66. The van der Waals surface area contributed by atoms with E-state index in [1.54, 1.807) is 16.7 Å². The van der Waals surface area contributed by atoms with Crippen molar-refractivity contribution in [3.8, 4) is 0 Å². The van der Waals surface area contributed by atoms with Crippen LogP contribution >= 0.6 is 0 Å². The van der Waals surface area contributed by atoms with Crippen molar-refractivity contribution in [2.75, 3.05) is 0 Å². The van der Waals surface area contributed by atoms with Gasteiger partial charge in [-0.1, -0.05) is 91.1 Å². The number of hydrogen-bond acceptors (Lipinski definition) is 0. The lowest BCUT2D eigenvalue weighted by atomic mass is 10.1. The Bertz CT molecular complexity index is 591. The molecule has 128 valence electrons. The highest BCUT2D eigenvalue weighted by atomic mass is 19.1. The van der Waals surface area contributed by atoms with Crippen LogP contribution in [0.25, 0.3) is 23.1 Å². The van der Waals surface area contributed by atoms with Gasteiger partial charge in [-0.3, -0.25) is 0 Å². The van der Waals surface area contributed by atoms with Crippen molar-refractivity contribution in [2.45, 2.75) is 48.3 Å². The second-order valence-corrected chi connectivity index (χ2v) is 3.66. The Morgan fingerprint density at radius 3 is 2.04 bits per heavy atom. The summed E-state index contributed by atoms with van der Waals surface area (Å²) in [6.07, 6.45) is 7.16. The van der Waals surface area contributed by atoms with Gasteiger partial charge in [0.2, 0.25) is 0 Å². The fourth-order valence-electron chi connectivity index (χ4n) is 2.04. The highest BCUT2D eigenvalue weighted by Gasteiger charge is 2.11. The zero-order valence-corrected chi connectivity index (χ0v) is 15.6. The van der Waals surface area contributed by atoms with Gasteiger partial charge in [-0.2, -0.15) is 0 Å². The van der Waals surface area contributed by atoms with Crippen molar-refractivity contribution in [1.29, 1.82) is 0 Å². The molecule has 0 amide bonds. The van der Waals surface area contributed by atoms with Crippen LogP contribution in [0.1, 0.15) is 52.8 Å². The Morgan fingerprint density at radius 2 is 1.57 bits per heavy atom. The van der Waals surface area contributed by atoms with Gasteiger partial charge in [-0.15, -0.1) is 0 Å². The first-order valence-corrected chi connectivity index (χ1v) is 8.42. The number of aromatic nitrogens is 1. The standard InChI is InChI=1S/C15H14FN.3C2H6/c1-3-5-8-12-13-9-6-7-10-15(13)17(11-16)14(12)4-2;3*1-2/h3-10H,1-2,11H2;3*1-2H3/b8-5-;;;. The zero-order chi connectivity index (χ0) is 18.3. The number of allylic oxidation sites excluding steroid dienone is 2. The number of hydrogen-bond donors (Lipinski definition) is 0. The smallest absolute Gasteiger partial charge is 0.166 e. The highest BCUT2D eigenvalue weighted by molar-refractivity contribution is 5.94. The van der Waals surface area contributed by atoms with E-state index in [-0.39, 0.29) is 0 Å². The van der Waals surface area contributed by atoms with Gasteiger partial charge in [0, 0.05) is 10.9 Å². The number of para-hydroxylation sites is 1. The van der Waals surface area contributed by atoms with Crippen LogP contribution in [0.5, 0.6) is 0 Å². The third-order valence-electron chi connectivity index (χ3n) is 2.76. The number of fused-ring (bicyclic) bond motifs is 1. The monoisotopic (exact) mass is 317 g/mol. The first-order valence-electron chi connectivity index (χ1n) is 8.42. The molecule has 0 aliphatic heterocycles. The van der Waals surface area contributed by atoms with Gasteiger partial charge in [-0.05, 0) is 12.1 Å². The second-order valence-electron chi connectivity index (χ2n) is 3.66. The predicted molar refractivity (Wildman–Crippen MR) is 106 cm³/mol. The molecule has 0 N–H and O–H groups in total. The molecule has 2 heteroatoms. The van der Waals surface area contributed by atoms with Crippen LogP contribution in [-0.4, -0.2) is 4.57 Å². The minimum absolute atomic E-state index is 0.552. The molecule has 0 radical (unpaired) electrons. The SMILES string of the molecule is C=C/C=C\c1c(C=C)n(CF)c2ccccc12.CC.CC.CC. The molecule has 1 aromatic carbocycles. The number of halogens is 1. The van der Waals surface area contributed by atoms with Crippen molar-refractivity contribution >= 4 is 23.1 Å².